The molecular formula is C26H23FO5. The van der Waals surface area contributed by atoms with Gasteiger partial charge in [0.2, 0.25) is 11.2 Å². The minimum absolute atomic E-state index is 0.0824. The van der Waals surface area contributed by atoms with Gasteiger partial charge >= 0.3 is 0 Å². The molecule has 32 heavy (non-hydrogen) atoms. The lowest BCUT2D eigenvalue weighted by atomic mass is 10.0. The lowest BCUT2D eigenvalue weighted by Gasteiger charge is -2.15. The van der Waals surface area contributed by atoms with E-state index in [0.29, 0.717) is 28.0 Å². The third-order valence-electron chi connectivity index (χ3n) is 5.22. The Labute approximate surface area is 185 Å². The third kappa shape index (κ3) is 4.04. The molecule has 164 valence electrons. The maximum atomic E-state index is 13.5. The van der Waals surface area contributed by atoms with Gasteiger partial charge in [0.05, 0.1) is 19.6 Å². The van der Waals surface area contributed by atoms with Crippen LogP contribution in [0, 0.1) is 19.7 Å². The van der Waals surface area contributed by atoms with E-state index in [1.807, 2.05) is 19.9 Å². The lowest BCUT2D eigenvalue weighted by Crippen LogP contribution is -2.11. The Kier molecular flexibility index (Phi) is 5.86. The first kappa shape index (κ1) is 21.4. The second-order valence-corrected chi connectivity index (χ2v) is 7.53. The number of aryl methyl sites for hydroxylation is 2. The van der Waals surface area contributed by atoms with Gasteiger partial charge in [-0.2, -0.15) is 0 Å². The van der Waals surface area contributed by atoms with E-state index in [0.717, 1.165) is 16.7 Å². The van der Waals surface area contributed by atoms with Crippen molar-refractivity contribution in [1.82, 2.24) is 0 Å². The van der Waals surface area contributed by atoms with Gasteiger partial charge in [-0.1, -0.05) is 18.2 Å². The highest BCUT2D eigenvalue weighted by Crippen LogP contribution is 2.37. The average Bonchev–Trinajstić information content (AvgIpc) is 2.79. The van der Waals surface area contributed by atoms with Crippen molar-refractivity contribution in [2.75, 3.05) is 14.2 Å². The molecule has 5 nitrogen and oxygen atoms in total. The molecule has 0 unspecified atom stereocenters. The van der Waals surface area contributed by atoms with Crippen molar-refractivity contribution in [2.24, 2.45) is 0 Å². The Morgan fingerprint density at radius 2 is 1.62 bits per heavy atom. The number of halogens is 1. The van der Waals surface area contributed by atoms with Crippen LogP contribution in [0.1, 0.15) is 16.7 Å². The van der Waals surface area contributed by atoms with Crippen molar-refractivity contribution in [2.45, 2.75) is 20.5 Å². The van der Waals surface area contributed by atoms with E-state index in [1.165, 1.54) is 19.2 Å². The van der Waals surface area contributed by atoms with Gasteiger partial charge in [0.25, 0.3) is 0 Å². The smallest absolute Gasteiger partial charge is 0.235 e. The Hall–Kier alpha value is -3.80. The van der Waals surface area contributed by atoms with Crippen LogP contribution in [0.25, 0.3) is 22.3 Å². The van der Waals surface area contributed by atoms with E-state index >= 15 is 0 Å². The largest absolute Gasteiger partial charge is 0.493 e. The molecule has 6 heteroatoms. The quantitative estimate of drug-likeness (QED) is 0.383. The Morgan fingerprint density at radius 3 is 2.31 bits per heavy atom. The Bertz CT molecular complexity index is 1340. The molecule has 0 saturated heterocycles. The van der Waals surface area contributed by atoms with Crippen molar-refractivity contribution >= 4 is 11.0 Å². The Balaban J connectivity index is 1.90. The first-order valence-electron chi connectivity index (χ1n) is 10.1. The zero-order chi connectivity index (χ0) is 22.8. The fourth-order valence-electron chi connectivity index (χ4n) is 3.67. The number of ether oxygens (including phenoxy) is 3. The molecule has 0 radical (unpaired) electrons. The maximum Gasteiger partial charge on any atom is 0.235 e. The summed E-state index contributed by atoms with van der Waals surface area (Å²) >= 11 is 0. The van der Waals surface area contributed by atoms with Gasteiger partial charge in [-0.3, -0.25) is 4.79 Å². The van der Waals surface area contributed by atoms with Crippen LogP contribution in [-0.2, 0) is 6.61 Å². The number of rotatable bonds is 6. The number of benzene rings is 3. The summed E-state index contributed by atoms with van der Waals surface area (Å²) < 4.78 is 36.2. The second-order valence-electron chi connectivity index (χ2n) is 7.53. The van der Waals surface area contributed by atoms with Gasteiger partial charge in [0.1, 0.15) is 18.0 Å². The summed E-state index contributed by atoms with van der Waals surface area (Å²) in [5, 5.41) is 0.445. The lowest BCUT2D eigenvalue weighted by molar-refractivity contribution is 0.297. The molecule has 1 heterocycles. The van der Waals surface area contributed by atoms with E-state index in [9.17, 15) is 9.18 Å². The normalized spacial score (nSPS) is 10.9. The SMILES string of the molecule is COc1ccc(-c2oc3c(C)cc(C)cc3c(=O)c2OCc2ccc(F)cc2)cc1OC. The molecule has 0 aliphatic heterocycles. The van der Waals surface area contributed by atoms with Crippen LogP contribution in [0.2, 0.25) is 0 Å². The van der Waals surface area contributed by atoms with Crippen LogP contribution in [-0.4, -0.2) is 14.2 Å². The predicted molar refractivity (Wildman–Crippen MR) is 121 cm³/mol. The van der Waals surface area contributed by atoms with Crippen molar-refractivity contribution in [3.8, 4) is 28.6 Å². The van der Waals surface area contributed by atoms with Gasteiger partial charge < -0.3 is 18.6 Å². The standard InChI is InChI=1S/C26H23FO5/c1-15-11-16(2)24-20(12-15)23(28)26(31-14-17-5-8-19(27)9-6-17)25(32-24)18-7-10-21(29-3)22(13-18)30-4/h5-13H,14H2,1-4H3. The molecule has 4 aromatic rings. The molecule has 1 aromatic heterocycles. The maximum absolute atomic E-state index is 13.5. The van der Waals surface area contributed by atoms with Gasteiger partial charge in [-0.25, -0.2) is 4.39 Å². The molecular weight excluding hydrogens is 411 g/mol. The molecule has 0 aliphatic carbocycles. The van der Waals surface area contributed by atoms with E-state index in [2.05, 4.69) is 0 Å². The average molecular weight is 434 g/mol. The zero-order valence-electron chi connectivity index (χ0n) is 18.3. The predicted octanol–water partition coefficient (Wildman–Crippen LogP) is 5.81. The highest BCUT2D eigenvalue weighted by atomic mass is 19.1. The first-order valence-corrected chi connectivity index (χ1v) is 10.1. The summed E-state index contributed by atoms with van der Waals surface area (Å²) in [6.45, 7) is 3.91. The van der Waals surface area contributed by atoms with Crippen molar-refractivity contribution in [1.29, 1.82) is 0 Å². The molecule has 0 saturated carbocycles. The minimum Gasteiger partial charge on any atom is -0.493 e. The first-order chi connectivity index (χ1) is 15.4. The molecule has 4 rings (SSSR count). The molecule has 0 atom stereocenters. The fraction of sp³-hybridized carbons (Fsp3) is 0.192. The van der Waals surface area contributed by atoms with Gasteiger partial charge in [0, 0.05) is 5.56 Å². The van der Waals surface area contributed by atoms with Crippen LogP contribution in [0.4, 0.5) is 4.39 Å². The van der Waals surface area contributed by atoms with Crippen molar-refractivity contribution in [3.05, 3.63) is 87.3 Å². The molecule has 0 N–H and O–H groups in total. The number of methoxy groups -OCH3 is 2. The van der Waals surface area contributed by atoms with Crippen LogP contribution in [0.3, 0.4) is 0 Å². The molecule has 0 aliphatic rings. The third-order valence-corrected chi connectivity index (χ3v) is 5.22. The summed E-state index contributed by atoms with van der Waals surface area (Å²) in [6, 6.07) is 14.9. The number of hydrogen-bond donors (Lipinski definition) is 0. The minimum atomic E-state index is -0.337. The van der Waals surface area contributed by atoms with Crippen LogP contribution in [0.15, 0.2) is 63.8 Å². The summed E-state index contributed by atoms with van der Waals surface area (Å²) in [5.74, 6) is 1.09. The number of fused-ring (bicyclic) bond motifs is 1. The highest BCUT2D eigenvalue weighted by molar-refractivity contribution is 5.85. The van der Waals surface area contributed by atoms with E-state index in [-0.39, 0.29) is 29.4 Å². The van der Waals surface area contributed by atoms with Crippen LogP contribution in [0.5, 0.6) is 17.2 Å². The molecule has 0 spiro atoms. The van der Waals surface area contributed by atoms with Gasteiger partial charge in [-0.15, -0.1) is 0 Å². The summed E-state index contributed by atoms with van der Waals surface area (Å²) in [6.07, 6.45) is 0. The fourth-order valence-corrected chi connectivity index (χ4v) is 3.67. The molecule has 0 bridgehead atoms. The monoisotopic (exact) mass is 434 g/mol. The molecule has 0 amide bonds. The molecule has 3 aromatic carbocycles. The van der Waals surface area contributed by atoms with Crippen LogP contribution >= 0.6 is 0 Å². The topological polar surface area (TPSA) is 57.9 Å². The summed E-state index contributed by atoms with van der Waals surface area (Å²) in [7, 11) is 3.09. The van der Waals surface area contributed by atoms with E-state index < -0.39 is 0 Å². The van der Waals surface area contributed by atoms with Crippen molar-refractivity contribution < 1.29 is 23.0 Å². The second kappa shape index (κ2) is 8.75. The van der Waals surface area contributed by atoms with Gasteiger partial charge in [-0.05, 0) is 66.9 Å². The number of hydrogen-bond acceptors (Lipinski definition) is 5. The zero-order valence-corrected chi connectivity index (χ0v) is 18.3. The highest BCUT2D eigenvalue weighted by Gasteiger charge is 2.20. The summed E-state index contributed by atoms with van der Waals surface area (Å²) in [5.41, 5.74) is 3.36. The van der Waals surface area contributed by atoms with E-state index in [4.69, 9.17) is 18.6 Å². The Morgan fingerprint density at radius 1 is 0.906 bits per heavy atom. The van der Waals surface area contributed by atoms with E-state index in [1.54, 1.807) is 43.5 Å². The van der Waals surface area contributed by atoms with Gasteiger partial charge in [0.15, 0.2) is 17.3 Å². The van der Waals surface area contributed by atoms with Crippen LogP contribution < -0.4 is 19.6 Å². The molecule has 0 fully saturated rings. The summed E-state index contributed by atoms with van der Waals surface area (Å²) in [4.78, 5) is 13.5. The van der Waals surface area contributed by atoms with Crippen molar-refractivity contribution in [3.63, 3.8) is 0 Å².